The van der Waals surface area contributed by atoms with Gasteiger partial charge in [0.1, 0.15) is 0 Å². The van der Waals surface area contributed by atoms with Gasteiger partial charge in [-0.15, -0.1) is 0 Å². The zero-order valence-corrected chi connectivity index (χ0v) is 12.6. The quantitative estimate of drug-likeness (QED) is 0.857. The summed E-state index contributed by atoms with van der Waals surface area (Å²) in [7, 11) is 0. The molecular weight excluding hydrogens is 272 g/mol. The van der Waals surface area contributed by atoms with Gasteiger partial charge < -0.3 is 5.11 Å². The largest absolute Gasteiger partial charge is 0.481 e. The van der Waals surface area contributed by atoms with E-state index >= 15 is 0 Å². The fourth-order valence-electron chi connectivity index (χ4n) is 2.07. The second-order valence-electron chi connectivity index (χ2n) is 4.93. The third-order valence-electron chi connectivity index (χ3n) is 2.94. The number of aliphatic carboxylic acids is 1. The van der Waals surface area contributed by atoms with Crippen molar-refractivity contribution in [2.24, 2.45) is 0 Å². The van der Waals surface area contributed by atoms with Gasteiger partial charge >= 0.3 is 5.97 Å². The number of aromatic nitrogens is 2. The number of carboxylic acids is 1. The van der Waals surface area contributed by atoms with Crippen LogP contribution in [0.4, 0.5) is 0 Å². The third-order valence-corrected chi connectivity index (χ3v) is 3.87. The summed E-state index contributed by atoms with van der Waals surface area (Å²) < 4.78 is 1.98. The van der Waals surface area contributed by atoms with E-state index in [0.717, 1.165) is 16.5 Å². The summed E-state index contributed by atoms with van der Waals surface area (Å²) in [5.74, 6) is -0.425. The molecule has 0 aliphatic carbocycles. The standard InChI is InChI=1S/C15H18N2O2S/c1-10(2)12-6-4-5-7-13(12)17-8-11(3)16-15(17)20-9-14(18)19/h4-8,10H,9H2,1-3H3,(H,18,19). The van der Waals surface area contributed by atoms with Crippen LogP contribution in [0.1, 0.15) is 31.0 Å². The molecule has 0 fully saturated rings. The summed E-state index contributed by atoms with van der Waals surface area (Å²) in [6, 6.07) is 8.15. The van der Waals surface area contributed by atoms with Crippen LogP contribution in [0.3, 0.4) is 0 Å². The predicted octanol–water partition coefficient (Wildman–Crippen LogP) is 3.48. The number of hydrogen-bond donors (Lipinski definition) is 1. The Bertz CT molecular complexity index is 620. The van der Waals surface area contributed by atoms with Crippen LogP contribution < -0.4 is 0 Å². The average Bonchev–Trinajstić information content (AvgIpc) is 2.77. The summed E-state index contributed by atoms with van der Waals surface area (Å²) in [5.41, 5.74) is 3.18. The van der Waals surface area contributed by atoms with Crippen LogP contribution in [-0.2, 0) is 4.79 Å². The van der Waals surface area contributed by atoms with Crippen molar-refractivity contribution in [3.63, 3.8) is 0 Å². The van der Waals surface area contributed by atoms with Crippen molar-refractivity contribution >= 4 is 17.7 Å². The highest BCUT2D eigenvalue weighted by atomic mass is 32.2. The fraction of sp³-hybridized carbons (Fsp3) is 0.333. The van der Waals surface area contributed by atoms with Gasteiger partial charge in [0, 0.05) is 6.20 Å². The Hall–Kier alpha value is -1.75. The molecule has 0 aliphatic heterocycles. The number of para-hydroxylation sites is 1. The van der Waals surface area contributed by atoms with Crippen LogP contribution in [-0.4, -0.2) is 26.4 Å². The van der Waals surface area contributed by atoms with Gasteiger partial charge in [-0.25, -0.2) is 4.98 Å². The lowest BCUT2D eigenvalue weighted by Crippen LogP contribution is -2.04. The fourth-order valence-corrected chi connectivity index (χ4v) is 2.82. The van der Waals surface area contributed by atoms with Gasteiger partial charge in [0.25, 0.3) is 0 Å². The molecule has 4 nitrogen and oxygen atoms in total. The number of carbonyl (C=O) groups is 1. The van der Waals surface area contributed by atoms with Gasteiger partial charge in [0.2, 0.25) is 0 Å². The molecule has 1 heterocycles. The van der Waals surface area contributed by atoms with E-state index in [0.29, 0.717) is 5.92 Å². The molecule has 0 spiro atoms. The van der Waals surface area contributed by atoms with Gasteiger partial charge in [-0.3, -0.25) is 9.36 Å². The Morgan fingerprint density at radius 1 is 1.40 bits per heavy atom. The van der Waals surface area contributed by atoms with Crippen molar-refractivity contribution in [3.05, 3.63) is 41.7 Å². The Labute approximate surface area is 122 Å². The van der Waals surface area contributed by atoms with Crippen molar-refractivity contribution in [1.29, 1.82) is 0 Å². The lowest BCUT2D eigenvalue weighted by molar-refractivity contribution is -0.133. The first-order valence-corrected chi connectivity index (χ1v) is 7.47. The topological polar surface area (TPSA) is 55.1 Å². The third kappa shape index (κ3) is 3.22. The SMILES string of the molecule is Cc1cn(-c2ccccc2C(C)C)c(SCC(=O)O)n1. The molecule has 2 rings (SSSR count). The van der Waals surface area contributed by atoms with Gasteiger partial charge in [0.15, 0.2) is 5.16 Å². The van der Waals surface area contributed by atoms with Crippen LogP contribution in [0.2, 0.25) is 0 Å². The van der Waals surface area contributed by atoms with Crippen molar-refractivity contribution in [3.8, 4) is 5.69 Å². The molecule has 2 aromatic rings. The molecule has 0 aliphatic rings. The molecular formula is C15H18N2O2S. The Morgan fingerprint density at radius 3 is 2.75 bits per heavy atom. The van der Waals surface area contributed by atoms with Crippen LogP contribution in [0.25, 0.3) is 5.69 Å². The zero-order chi connectivity index (χ0) is 14.7. The second-order valence-corrected chi connectivity index (χ2v) is 5.87. The van der Waals surface area contributed by atoms with Crippen molar-refractivity contribution in [1.82, 2.24) is 9.55 Å². The molecule has 1 aromatic heterocycles. The normalized spacial score (nSPS) is 11.0. The van der Waals surface area contributed by atoms with E-state index in [1.807, 2.05) is 35.9 Å². The molecule has 0 radical (unpaired) electrons. The molecule has 1 N–H and O–H groups in total. The van der Waals surface area contributed by atoms with Gasteiger partial charge in [-0.2, -0.15) is 0 Å². The van der Waals surface area contributed by atoms with Crippen LogP contribution in [0, 0.1) is 6.92 Å². The highest BCUT2D eigenvalue weighted by Gasteiger charge is 2.14. The van der Waals surface area contributed by atoms with E-state index < -0.39 is 5.97 Å². The number of aryl methyl sites for hydroxylation is 1. The number of carboxylic acid groups (broad SMARTS) is 1. The maximum Gasteiger partial charge on any atom is 0.313 e. The van der Waals surface area contributed by atoms with Crippen molar-refractivity contribution in [2.45, 2.75) is 31.8 Å². The minimum Gasteiger partial charge on any atom is -0.481 e. The van der Waals surface area contributed by atoms with Gasteiger partial charge in [-0.1, -0.05) is 43.8 Å². The van der Waals surface area contributed by atoms with Gasteiger partial charge in [-0.05, 0) is 24.5 Å². The summed E-state index contributed by atoms with van der Waals surface area (Å²) >= 11 is 1.24. The molecule has 0 unspecified atom stereocenters. The second kappa shape index (κ2) is 6.13. The van der Waals surface area contributed by atoms with E-state index in [9.17, 15) is 4.79 Å². The van der Waals surface area contributed by atoms with Crippen LogP contribution in [0.15, 0.2) is 35.6 Å². The number of imidazole rings is 1. The first-order chi connectivity index (χ1) is 9.49. The molecule has 0 atom stereocenters. The molecule has 0 amide bonds. The first-order valence-electron chi connectivity index (χ1n) is 6.49. The molecule has 0 saturated carbocycles. The van der Waals surface area contributed by atoms with E-state index in [1.54, 1.807) is 0 Å². The lowest BCUT2D eigenvalue weighted by atomic mass is 10.0. The Morgan fingerprint density at radius 2 is 2.10 bits per heavy atom. The number of hydrogen-bond acceptors (Lipinski definition) is 3. The molecule has 106 valence electrons. The highest BCUT2D eigenvalue weighted by Crippen LogP contribution is 2.27. The maximum atomic E-state index is 10.7. The average molecular weight is 290 g/mol. The smallest absolute Gasteiger partial charge is 0.313 e. The molecule has 1 aromatic carbocycles. The summed E-state index contributed by atoms with van der Waals surface area (Å²) in [5, 5.41) is 9.55. The van der Waals surface area contributed by atoms with Gasteiger partial charge in [0.05, 0.1) is 17.1 Å². The number of rotatable bonds is 5. The summed E-state index contributed by atoms with van der Waals surface area (Å²) in [6.07, 6.45) is 1.95. The lowest BCUT2D eigenvalue weighted by Gasteiger charge is -2.14. The van der Waals surface area contributed by atoms with Crippen LogP contribution >= 0.6 is 11.8 Å². The number of thioether (sulfide) groups is 1. The minimum atomic E-state index is -0.834. The van der Waals surface area contributed by atoms with E-state index in [1.165, 1.54) is 17.3 Å². The molecule has 0 bridgehead atoms. The highest BCUT2D eigenvalue weighted by molar-refractivity contribution is 7.99. The summed E-state index contributed by atoms with van der Waals surface area (Å²) in [6.45, 7) is 6.21. The monoisotopic (exact) mass is 290 g/mol. The van der Waals surface area contributed by atoms with Crippen LogP contribution in [0.5, 0.6) is 0 Å². The predicted molar refractivity (Wildman–Crippen MR) is 80.7 cm³/mol. The van der Waals surface area contributed by atoms with E-state index in [-0.39, 0.29) is 5.75 Å². The van der Waals surface area contributed by atoms with E-state index in [2.05, 4.69) is 24.9 Å². The molecule has 0 saturated heterocycles. The van der Waals surface area contributed by atoms with Crippen molar-refractivity contribution in [2.75, 3.05) is 5.75 Å². The Balaban J connectivity index is 2.44. The number of benzene rings is 1. The van der Waals surface area contributed by atoms with Crippen molar-refractivity contribution < 1.29 is 9.90 Å². The first kappa shape index (κ1) is 14.7. The number of nitrogens with zero attached hydrogens (tertiary/aromatic N) is 2. The maximum absolute atomic E-state index is 10.7. The minimum absolute atomic E-state index is 0.0142. The molecule has 20 heavy (non-hydrogen) atoms. The molecule has 5 heteroatoms. The van der Waals surface area contributed by atoms with E-state index in [4.69, 9.17) is 5.11 Å². The zero-order valence-electron chi connectivity index (χ0n) is 11.8. The Kier molecular flexibility index (Phi) is 4.49. The summed E-state index contributed by atoms with van der Waals surface area (Å²) in [4.78, 5) is 15.2.